The fourth-order valence-corrected chi connectivity index (χ4v) is 2.75. The Morgan fingerprint density at radius 3 is 2.28 bits per heavy atom. The average molecular weight is 277 g/mol. The summed E-state index contributed by atoms with van der Waals surface area (Å²) in [4.78, 5) is 0.720. The maximum Gasteiger partial charge on any atom is 0.110 e. The van der Waals surface area contributed by atoms with Crippen molar-refractivity contribution in [3.63, 3.8) is 0 Å². The van der Waals surface area contributed by atoms with Gasteiger partial charge in [0.15, 0.2) is 0 Å². The zero-order chi connectivity index (χ0) is 13.0. The van der Waals surface area contributed by atoms with E-state index in [0.29, 0.717) is 4.36 Å². The quantitative estimate of drug-likeness (QED) is 0.815. The van der Waals surface area contributed by atoms with Gasteiger partial charge in [0.1, 0.15) is 4.36 Å². The highest BCUT2D eigenvalue weighted by atomic mass is 35.5. The predicted molar refractivity (Wildman–Crippen MR) is 77.9 cm³/mol. The monoisotopic (exact) mass is 276 g/mol. The highest BCUT2D eigenvalue weighted by Gasteiger charge is 2.07. The lowest BCUT2D eigenvalue weighted by Gasteiger charge is -2.01. The van der Waals surface area contributed by atoms with Crippen molar-refractivity contribution < 1.29 is 4.21 Å². The Labute approximate surface area is 115 Å². The van der Waals surface area contributed by atoms with E-state index in [9.17, 15) is 4.21 Å². The molecule has 92 valence electrons. The van der Waals surface area contributed by atoms with Crippen molar-refractivity contribution in [2.45, 2.75) is 11.8 Å². The number of hydrogen-bond acceptors (Lipinski definition) is 1. The number of halogens is 1. The lowest BCUT2D eigenvalue weighted by Crippen LogP contribution is -1.91. The molecule has 0 aliphatic rings. The largest absolute Gasteiger partial charge is 0.248 e. The van der Waals surface area contributed by atoms with Crippen molar-refractivity contribution in [2.75, 3.05) is 0 Å². The third-order valence-corrected chi connectivity index (χ3v) is 4.19. The van der Waals surface area contributed by atoms with Gasteiger partial charge in [-0.1, -0.05) is 59.6 Å². The SMILES string of the molecule is Cc1ccc(S(=O)/C(Cl)=C\c2ccccc2)cc1. The van der Waals surface area contributed by atoms with Crippen molar-refractivity contribution in [1.29, 1.82) is 0 Å². The van der Waals surface area contributed by atoms with Crippen LogP contribution < -0.4 is 0 Å². The Kier molecular flexibility index (Phi) is 4.34. The van der Waals surface area contributed by atoms with Crippen LogP contribution >= 0.6 is 11.6 Å². The first-order chi connectivity index (χ1) is 8.66. The van der Waals surface area contributed by atoms with E-state index in [1.807, 2.05) is 61.5 Å². The highest BCUT2D eigenvalue weighted by molar-refractivity contribution is 7.91. The number of rotatable bonds is 3. The lowest BCUT2D eigenvalue weighted by atomic mass is 10.2. The topological polar surface area (TPSA) is 17.1 Å². The molecule has 0 radical (unpaired) electrons. The summed E-state index contributed by atoms with van der Waals surface area (Å²) >= 11 is 6.10. The third-order valence-electron chi connectivity index (χ3n) is 2.49. The summed E-state index contributed by atoms with van der Waals surface area (Å²) < 4.78 is 12.5. The summed E-state index contributed by atoms with van der Waals surface area (Å²) in [6.45, 7) is 1.99. The van der Waals surface area contributed by atoms with Gasteiger partial charge in [-0.3, -0.25) is 0 Å². The molecule has 2 rings (SSSR count). The minimum Gasteiger partial charge on any atom is -0.248 e. The van der Waals surface area contributed by atoms with E-state index in [2.05, 4.69) is 0 Å². The van der Waals surface area contributed by atoms with Crippen LogP contribution in [-0.2, 0) is 10.8 Å². The summed E-state index contributed by atoms with van der Waals surface area (Å²) in [5.41, 5.74) is 2.09. The van der Waals surface area contributed by atoms with E-state index in [4.69, 9.17) is 11.6 Å². The molecule has 0 saturated heterocycles. The Bertz CT molecular complexity index is 573. The molecule has 0 N–H and O–H groups in total. The Morgan fingerprint density at radius 2 is 1.67 bits per heavy atom. The van der Waals surface area contributed by atoms with Gasteiger partial charge in [0.25, 0.3) is 0 Å². The molecule has 0 fully saturated rings. The molecule has 2 aromatic carbocycles. The van der Waals surface area contributed by atoms with Gasteiger partial charge in [-0.25, -0.2) is 4.21 Å². The van der Waals surface area contributed by atoms with Crippen molar-refractivity contribution in [3.05, 3.63) is 70.1 Å². The van der Waals surface area contributed by atoms with Crippen LogP contribution in [0.3, 0.4) is 0 Å². The van der Waals surface area contributed by atoms with Crippen LogP contribution in [0.15, 0.2) is 63.9 Å². The van der Waals surface area contributed by atoms with Crippen molar-refractivity contribution in [3.8, 4) is 0 Å². The molecular weight excluding hydrogens is 264 g/mol. The van der Waals surface area contributed by atoms with Crippen LogP contribution in [0.2, 0.25) is 0 Å². The first-order valence-electron chi connectivity index (χ1n) is 5.57. The second-order valence-electron chi connectivity index (χ2n) is 3.94. The molecule has 0 spiro atoms. The molecule has 2 aromatic rings. The van der Waals surface area contributed by atoms with Crippen LogP contribution in [0.4, 0.5) is 0 Å². The smallest absolute Gasteiger partial charge is 0.110 e. The molecule has 18 heavy (non-hydrogen) atoms. The summed E-state index contributed by atoms with van der Waals surface area (Å²) in [5.74, 6) is 0. The molecule has 3 heteroatoms. The molecule has 1 unspecified atom stereocenters. The highest BCUT2D eigenvalue weighted by Crippen LogP contribution is 2.20. The Morgan fingerprint density at radius 1 is 1.06 bits per heavy atom. The molecule has 0 aliphatic carbocycles. The van der Waals surface area contributed by atoms with Crippen molar-refractivity contribution >= 4 is 28.5 Å². The van der Waals surface area contributed by atoms with Gasteiger partial charge in [0, 0.05) is 4.90 Å². The molecule has 0 aromatic heterocycles. The summed E-state index contributed by atoms with van der Waals surface area (Å²) in [7, 11) is -1.31. The van der Waals surface area contributed by atoms with Crippen molar-refractivity contribution in [1.82, 2.24) is 0 Å². The van der Waals surface area contributed by atoms with E-state index in [1.54, 1.807) is 6.08 Å². The number of hydrogen-bond donors (Lipinski definition) is 0. The normalized spacial score (nSPS) is 13.3. The summed E-state index contributed by atoms with van der Waals surface area (Å²) in [6.07, 6.45) is 1.73. The standard InChI is InChI=1S/C15H13ClOS/c1-12-7-9-14(10-8-12)18(17)15(16)11-13-5-3-2-4-6-13/h2-11H,1H3/b15-11-. The van der Waals surface area contributed by atoms with Crippen LogP contribution in [0.5, 0.6) is 0 Å². The molecule has 0 amide bonds. The van der Waals surface area contributed by atoms with E-state index in [-0.39, 0.29) is 0 Å². The molecule has 0 saturated carbocycles. The van der Waals surface area contributed by atoms with Gasteiger partial charge in [0.2, 0.25) is 0 Å². The second-order valence-corrected chi connectivity index (χ2v) is 6.02. The first kappa shape index (κ1) is 13.1. The minimum atomic E-state index is -1.31. The van der Waals surface area contributed by atoms with Gasteiger partial charge >= 0.3 is 0 Å². The van der Waals surface area contributed by atoms with E-state index >= 15 is 0 Å². The van der Waals surface area contributed by atoms with Gasteiger partial charge < -0.3 is 0 Å². The number of aryl methyl sites for hydroxylation is 1. The van der Waals surface area contributed by atoms with Crippen molar-refractivity contribution in [2.24, 2.45) is 0 Å². The summed E-state index contributed by atoms with van der Waals surface area (Å²) in [5, 5.41) is 0. The van der Waals surface area contributed by atoms with Gasteiger partial charge in [-0.2, -0.15) is 0 Å². The first-order valence-corrected chi connectivity index (χ1v) is 7.10. The van der Waals surface area contributed by atoms with E-state index in [0.717, 1.165) is 16.0 Å². The lowest BCUT2D eigenvalue weighted by molar-refractivity contribution is 0.688. The average Bonchev–Trinajstić information content (AvgIpc) is 2.40. The van der Waals surface area contributed by atoms with Crippen LogP contribution in [-0.4, -0.2) is 4.21 Å². The van der Waals surface area contributed by atoms with E-state index in [1.165, 1.54) is 0 Å². The zero-order valence-corrected chi connectivity index (χ0v) is 11.5. The number of benzene rings is 2. The third kappa shape index (κ3) is 3.31. The maximum atomic E-state index is 12.2. The van der Waals surface area contributed by atoms with E-state index < -0.39 is 10.8 Å². The molecular formula is C15H13ClOS. The van der Waals surface area contributed by atoms with Gasteiger partial charge in [-0.05, 0) is 30.7 Å². The predicted octanol–water partition coefficient (Wildman–Crippen LogP) is 4.34. The molecule has 1 atom stereocenters. The second kappa shape index (κ2) is 5.98. The van der Waals surface area contributed by atoms with Crippen LogP contribution in [0.1, 0.15) is 11.1 Å². The summed E-state index contributed by atoms with van der Waals surface area (Å²) in [6, 6.07) is 17.2. The van der Waals surface area contributed by atoms with Gasteiger partial charge in [-0.15, -0.1) is 0 Å². The van der Waals surface area contributed by atoms with Crippen LogP contribution in [0, 0.1) is 6.92 Å². The fraction of sp³-hybridized carbons (Fsp3) is 0.0667. The molecule has 0 bridgehead atoms. The zero-order valence-electron chi connectivity index (χ0n) is 9.97. The molecule has 0 aliphatic heterocycles. The van der Waals surface area contributed by atoms with Gasteiger partial charge in [0.05, 0.1) is 10.8 Å². The maximum absolute atomic E-state index is 12.2. The molecule has 1 nitrogen and oxygen atoms in total. The fourth-order valence-electron chi connectivity index (χ4n) is 1.51. The Balaban J connectivity index is 2.24. The Hall–Kier alpha value is -1.38. The van der Waals surface area contributed by atoms with Crippen LogP contribution in [0.25, 0.3) is 6.08 Å². The minimum absolute atomic E-state index is 0.338. The molecule has 0 heterocycles.